The molecule has 4 N–H and O–H groups in total. The van der Waals surface area contributed by atoms with Crippen LogP contribution in [-0.4, -0.2) is 103 Å². The predicted octanol–water partition coefficient (Wildman–Crippen LogP) is 1.80. The van der Waals surface area contributed by atoms with E-state index in [1.165, 1.54) is 23.5 Å². The second kappa shape index (κ2) is 17.8. The number of carbonyl (C=O) groups excluding carboxylic acids is 6. The molecule has 0 radical (unpaired) electrons. The number of Topliss-reactive ketones (excluding diaryl/α,β-unsaturated/α-hetero) is 1. The molecule has 292 valence electrons. The minimum atomic E-state index is -1.22. The summed E-state index contributed by atoms with van der Waals surface area (Å²) in [6.07, 6.45) is 11.5. The van der Waals surface area contributed by atoms with Gasteiger partial charge in [-0.2, -0.15) is 9.37 Å². The molecule has 4 unspecified atom stereocenters. The first-order chi connectivity index (χ1) is 25.8. The molecule has 16 nitrogen and oxygen atoms in total. The summed E-state index contributed by atoms with van der Waals surface area (Å²) in [4.78, 5) is 98.7. The van der Waals surface area contributed by atoms with Gasteiger partial charge in [0.05, 0.1) is 25.0 Å². The Hall–Kier alpha value is -5.09. The molecule has 5 atom stereocenters. The first-order valence-corrected chi connectivity index (χ1v) is 18.7. The predicted molar refractivity (Wildman–Crippen MR) is 191 cm³/mol. The lowest BCUT2D eigenvalue weighted by molar-refractivity contribution is -0.145. The number of aromatic nitrogens is 4. The zero-order chi connectivity index (χ0) is 39.0. The van der Waals surface area contributed by atoms with E-state index in [1.807, 2.05) is 6.92 Å². The fraction of sp³-hybridized carbons (Fsp3) is 0.622. The fourth-order valence-corrected chi connectivity index (χ4v) is 6.93. The Morgan fingerprint density at radius 1 is 0.944 bits per heavy atom. The number of nitrogens with one attached hydrogen (secondary N) is 4. The van der Waals surface area contributed by atoms with Crippen molar-refractivity contribution in [2.24, 2.45) is 11.3 Å². The van der Waals surface area contributed by atoms with E-state index in [4.69, 9.17) is 4.74 Å². The average molecular weight is 752 g/mol. The number of carbonyl (C=O) groups is 6. The van der Waals surface area contributed by atoms with Gasteiger partial charge in [0, 0.05) is 24.9 Å². The van der Waals surface area contributed by atoms with Gasteiger partial charge >= 0.3 is 0 Å². The lowest BCUT2D eigenvalue weighted by Gasteiger charge is -2.37. The van der Waals surface area contributed by atoms with E-state index < -0.39 is 76.8 Å². The number of amides is 5. The van der Waals surface area contributed by atoms with Crippen molar-refractivity contribution in [3.8, 4) is 5.88 Å². The van der Waals surface area contributed by atoms with Crippen LogP contribution in [0.4, 0.5) is 4.39 Å². The van der Waals surface area contributed by atoms with Gasteiger partial charge in [0.15, 0.2) is 0 Å². The van der Waals surface area contributed by atoms with Gasteiger partial charge in [-0.15, -0.1) is 0 Å². The molecule has 3 heterocycles. The number of hydrogen-bond donors (Lipinski definition) is 4. The lowest BCUT2D eigenvalue weighted by Crippen LogP contribution is -2.62. The minimum Gasteiger partial charge on any atom is -0.470 e. The number of rotatable bonds is 15. The van der Waals surface area contributed by atoms with Gasteiger partial charge < -0.3 is 30.9 Å². The summed E-state index contributed by atoms with van der Waals surface area (Å²) < 4.78 is 20.4. The van der Waals surface area contributed by atoms with Crippen LogP contribution in [0, 0.1) is 17.2 Å². The topological polar surface area (TPSA) is 215 Å². The molecule has 17 heteroatoms. The lowest BCUT2D eigenvalue weighted by atomic mass is 9.82. The normalized spacial score (nSPS) is 20.6. The standard InChI is InChI=1S/C37H50FN9O7/c1-5-9-25(29(48)34(52)43-22-12-13-22)44-32(50)27-16-23(54-35-24(38)17-40-20-42-35)19-47(27)36(53)30(37(2,3)4)46-33(51)28(21-10-7-6-8-11-21)45-31(49)26-18-39-14-15-41-26/h14-15,17-18,20-23,25,27-28,30H,5-13,16,19H2,1-4H3,(H,43,52)(H,44,50)(H,45,49)(H,46,51)/t23-,25?,27?,28?,30?/m0/s1. The summed E-state index contributed by atoms with van der Waals surface area (Å²) in [6.45, 7) is 6.89. The van der Waals surface area contributed by atoms with Gasteiger partial charge in [-0.1, -0.05) is 53.4 Å². The van der Waals surface area contributed by atoms with Gasteiger partial charge in [0.2, 0.25) is 29.3 Å². The number of likely N-dealkylation sites (tertiary alicyclic amines) is 1. The van der Waals surface area contributed by atoms with Crippen molar-refractivity contribution < 1.29 is 37.9 Å². The van der Waals surface area contributed by atoms with Crippen LogP contribution in [0.1, 0.15) is 102 Å². The smallest absolute Gasteiger partial charge is 0.289 e. The van der Waals surface area contributed by atoms with Crippen molar-refractivity contribution in [1.82, 2.24) is 46.1 Å². The molecule has 2 aliphatic carbocycles. The number of nitrogens with zero attached hydrogens (tertiary/aromatic N) is 5. The van der Waals surface area contributed by atoms with Gasteiger partial charge in [-0.3, -0.25) is 33.8 Å². The van der Waals surface area contributed by atoms with Gasteiger partial charge in [-0.25, -0.2) is 9.97 Å². The van der Waals surface area contributed by atoms with Crippen molar-refractivity contribution in [1.29, 1.82) is 0 Å². The van der Waals surface area contributed by atoms with E-state index in [0.717, 1.165) is 44.6 Å². The van der Waals surface area contributed by atoms with Crippen LogP contribution in [-0.2, 0) is 24.0 Å². The third-order valence-electron chi connectivity index (χ3n) is 9.99. The highest BCUT2D eigenvalue weighted by Gasteiger charge is 2.47. The van der Waals surface area contributed by atoms with Crippen LogP contribution in [0.3, 0.4) is 0 Å². The van der Waals surface area contributed by atoms with Crippen LogP contribution in [0.25, 0.3) is 0 Å². The Balaban J connectivity index is 1.40. The van der Waals surface area contributed by atoms with Crippen molar-refractivity contribution in [3.05, 3.63) is 42.6 Å². The number of halogens is 1. The van der Waals surface area contributed by atoms with E-state index in [2.05, 4.69) is 41.2 Å². The highest BCUT2D eigenvalue weighted by Crippen LogP contribution is 2.31. The van der Waals surface area contributed by atoms with E-state index in [1.54, 1.807) is 20.8 Å². The molecular weight excluding hydrogens is 701 g/mol. The largest absolute Gasteiger partial charge is 0.470 e. The van der Waals surface area contributed by atoms with E-state index in [0.29, 0.717) is 19.3 Å². The van der Waals surface area contributed by atoms with E-state index >= 15 is 0 Å². The van der Waals surface area contributed by atoms with Crippen molar-refractivity contribution >= 4 is 35.3 Å². The van der Waals surface area contributed by atoms with Crippen LogP contribution >= 0.6 is 0 Å². The average Bonchev–Trinajstić information content (AvgIpc) is 3.87. The number of ketones is 1. The Kier molecular flexibility index (Phi) is 13.2. The summed E-state index contributed by atoms with van der Waals surface area (Å²) in [5, 5.41) is 11.1. The van der Waals surface area contributed by atoms with Gasteiger partial charge in [0.25, 0.3) is 17.7 Å². The molecule has 1 aliphatic heterocycles. The first-order valence-electron chi connectivity index (χ1n) is 18.7. The molecular formula is C37H50FN9O7. The fourth-order valence-electron chi connectivity index (χ4n) is 6.93. The summed E-state index contributed by atoms with van der Waals surface area (Å²) in [7, 11) is 0. The molecule has 5 amide bonds. The summed E-state index contributed by atoms with van der Waals surface area (Å²) in [6, 6.07) is -4.63. The van der Waals surface area contributed by atoms with Crippen LogP contribution < -0.4 is 26.0 Å². The Morgan fingerprint density at radius 2 is 1.69 bits per heavy atom. The summed E-state index contributed by atoms with van der Waals surface area (Å²) >= 11 is 0. The maximum atomic E-state index is 14.7. The second-order valence-electron chi connectivity index (χ2n) is 15.4. The van der Waals surface area contributed by atoms with Gasteiger partial charge in [-0.05, 0) is 43.4 Å². The molecule has 2 aromatic rings. The molecule has 0 bridgehead atoms. The van der Waals surface area contributed by atoms with Crippen molar-refractivity contribution in [2.45, 2.75) is 128 Å². The summed E-state index contributed by atoms with van der Waals surface area (Å²) in [5.74, 6) is -5.47. The maximum absolute atomic E-state index is 14.7. The zero-order valence-electron chi connectivity index (χ0n) is 31.2. The molecule has 54 heavy (non-hydrogen) atoms. The minimum absolute atomic E-state index is 0.0384. The summed E-state index contributed by atoms with van der Waals surface area (Å²) in [5.41, 5.74) is -0.865. The molecule has 0 spiro atoms. The van der Waals surface area contributed by atoms with Crippen molar-refractivity contribution in [2.75, 3.05) is 6.54 Å². The Bertz CT molecular complexity index is 1680. The molecule has 5 rings (SSSR count). The molecule has 2 saturated carbocycles. The molecule has 1 saturated heterocycles. The quantitative estimate of drug-likeness (QED) is 0.193. The van der Waals surface area contributed by atoms with Crippen LogP contribution in [0.5, 0.6) is 5.88 Å². The Labute approximate surface area is 313 Å². The molecule has 2 aromatic heterocycles. The number of hydrogen-bond acceptors (Lipinski definition) is 11. The SMILES string of the molecule is CCCC(NC(=O)C1C[C@H](Oc2ncncc2F)CN1C(=O)C(NC(=O)C(NC(=O)c1cnccn1)C1CCCCC1)C(C)(C)C)C(=O)C(=O)NC1CC1. The van der Waals surface area contributed by atoms with Crippen LogP contribution in [0.2, 0.25) is 0 Å². The monoisotopic (exact) mass is 751 g/mol. The van der Waals surface area contributed by atoms with Crippen LogP contribution in [0.15, 0.2) is 31.1 Å². The number of ether oxygens (including phenoxy) is 1. The highest BCUT2D eigenvalue weighted by atomic mass is 19.1. The first kappa shape index (κ1) is 40.1. The maximum Gasteiger partial charge on any atom is 0.289 e. The second-order valence-corrected chi connectivity index (χ2v) is 15.4. The molecule has 3 aliphatic rings. The third kappa shape index (κ3) is 10.3. The van der Waals surface area contributed by atoms with Gasteiger partial charge in [0.1, 0.15) is 36.3 Å². The molecule has 0 aromatic carbocycles. The zero-order valence-corrected chi connectivity index (χ0v) is 31.2. The van der Waals surface area contributed by atoms with E-state index in [-0.39, 0.29) is 42.9 Å². The highest BCUT2D eigenvalue weighted by molar-refractivity contribution is 6.38. The Morgan fingerprint density at radius 3 is 2.31 bits per heavy atom. The van der Waals surface area contributed by atoms with E-state index in [9.17, 15) is 33.2 Å². The molecule has 3 fully saturated rings. The third-order valence-corrected chi connectivity index (χ3v) is 9.99. The van der Waals surface area contributed by atoms with Crippen molar-refractivity contribution in [3.63, 3.8) is 0 Å².